The summed E-state index contributed by atoms with van der Waals surface area (Å²) in [6, 6.07) is 7.18. The van der Waals surface area contributed by atoms with Gasteiger partial charge < -0.3 is 15.5 Å². The van der Waals surface area contributed by atoms with Crippen LogP contribution in [0.1, 0.15) is 19.8 Å². The highest BCUT2D eigenvalue weighted by Crippen LogP contribution is 2.23. The van der Waals surface area contributed by atoms with Gasteiger partial charge in [0.25, 0.3) is 0 Å². The van der Waals surface area contributed by atoms with Gasteiger partial charge in [0.05, 0.1) is 0 Å². The van der Waals surface area contributed by atoms with Gasteiger partial charge in [-0.25, -0.2) is 0 Å². The van der Waals surface area contributed by atoms with Crippen molar-refractivity contribution in [1.82, 2.24) is 5.32 Å². The van der Waals surface area contributed by atoms with Crippen molar-refractivity contribution in [3.63, 3.8) is 0 Å². The summed E-state index contributed by atoms with van der Waals surface area (Å²) >= 11 is 0. The molecule has 1 aliphatic heterocycles. The topological polar surface area (TPSA) is 61.4 Å². The summed E-state index contributed by atoms with van der Waals surface area (Å²) in [5.74, 6) is -0.604. The Morgan fingerprint density at radius 3 is 2.71 bits per heavy atom. The average Bonchev–Trinajstić information content (AvgIpc) is 3.01. The summed E-state index contributed by atoms with van der Waals surface area (Å²) in [6.07, 6.45) is 3.57. The minimum Gasteiger partial charge on any atom is -0.371 e. The molecule has 1 atom stereocenters. The Kier molecular flexibility index (Phi) is 4.98. The predicted octanol–water partition coefficient (Wildman–Crippen LogP) is 1.92. The molecule has 21 heavy (non-hydrogen) atoms. The number of nitrogens with one attached hydrogen (secondary N) is 2. The number of nitrogens with zero attached hydrogens (tertiary/aromatic N) is 1. The Bertz CT molecular complexity index is 536. The third-order valence-electron chi connectivity index (χ3n) is 3.52. The fourth-order valence-electron chi connectivity index (χ4n) is 2.34. The zero-order valence-electron chi connectivity index (χ0n) is 12.3. The number of hydrogen-bond donors (Lipinski definition) is 2. The number of rotatable bonds is 5. The van der Waals surface area contributed by atoms with Crippen LogP contribution < -0.4 is 15.5 Å². The minimum absolute atomic E-state index is 0.247. The van der Waals surface area contributed by atoms with E-state index >= 15 is 0 Å². The van der Waals surface area contributed by atoms with Crippen molar-refractivity contribution < 1.29 is 9.59 Å². The summed E-state index contributed by atoms with van der Waals surface area (Å²) in [4.78, 5) is 25.5. The lowest BCUT2D eigenvalue weighted by atomic mass is 10.2. The number of carbonyl (C=O) groups excluding carboxylic acids is 2. The normalized spacial score (nSPS) is 15.4. The van der Waals surface area contributed by atoms with Crippen LogP contribution in [0, 0.1) is 0 Å². The second-order valence-corrected chi connectivity index (χ2v) is 5.17. The number of amides is 2. The molecule has 1 aliphatic rings. The number of anilines is 2. The molecule has 0 radical (unpaired) electrons. The van der Waals surface area contributed by atoms with E-state index in [1.54, 1.807) is 6.92 Å². The molecule has 1 saturated heterocycles. The molecule has 0 aromatic heterocycles. The van der Waals surface area contributed by atoms with Crippen molar-refractivity contribution in [2.75, 3.05) is 23.3 Å². The molecule has 0 spiro atoms. The highest BCUT2D eigenvalue weighted by Gasteiger charge is 2.16. The molecule has 5 nitrogen and oxygen atoms in total. The van der Waals surface area contributed by atoms with Crippen LogP contribution in [0.2, 0.25) is 0 Å². The van der Waals surface area contributed by atoms with Crippen molar-refractivity contribution in [2.24, 2.45) is 0 Å². The van der Waals surface area contributed by atoms with Crippen LogP contribution in [0.5, 0.6) is 0 Å². The van der Waals surface area contributed by atoms with Gasteiger partial charge >= 0.3 is 0 Å². The lowest BCUT2D eigenvalue weighted by Crippen LogP contribution is -2.40. The van der Waals surface area contributed by atoms with Gasteiger partial charge in [-0.05, 0) is 44.0 Å². The van der Waals surface area contributed by atoms with Crippen LogP contribution in [0.3, 0.4) is 0 Å². The maximum Gasteiger partial charge on any atom is 0.246 e. The molecule has 5 heteroatoms. The molecule has 1 aromatic rings. The molecule has 1 unspecified atom stereocenters. The Morgan fingerprint density at radius 2 is 2.05 bits per heavy atom. The van der Waals surface area contributed by atoms with Crippen LogP contribution in [-0.4, -0.2) is 30.9 Å². The van der Waals surface area contributed by atoms with Crippen LogP contribution in [0.4, 0.5) is 11.4 Å². The van der Waals surface area contributed by atoms with E-state index in [9.17, 15) is 9.59 Å². The first-order valence-electron chi connectivity index (χ1n) is 7.19. The maximum absolute atomic E-state index is 12.0. The fourth-order valence-corrected chi connectivity index (χ4v) is 2.34. The zero-order valence-corrected chi connectivity index (χ0v) is 12.3. The summed E-state index contributed by atoms with van der Waals surface area (Å²) in [5, 5.41) is 5.36. The van der Waals surface area contributed by atoms with E-state index in [2.05, 4.69) is 22.1 Å². The van der Waals surface area contributed by atoms with Gasteiger partial charge in [0, 0.05) is 24.5 Å². The standard InChI is InChI=1S/C16H21N3O2/c1-3-15(20)17-12(2)16(21)18-13-7-6-8-14(11-13)19-9-4-5-10-19/h3,6-8,11-12H,1,4-5,9-10H2,2H3,(H,17,20)(H,18,21). The van der Waals surface area contributed by atoms with E-state index in [1.165, 1.54) is 12.8 Å². The molecule has 1 aromatic carbocycles. The maximum atomic E-state index is 12.0. The van der Waals surface area contributed by atoms with Gasteiger partial charge in [0.15, 0.2) is 0 Å². The predicted molar refractivity (Wildman–Crippen MR) is 84.3 cm³/mol. The SMILES string of the molecule is C=CC(=O)NC(C)C(=O)Nc1cccc(N2CCCC2)c1. The van der Waals surface area contributed by atoms with E-state index in [4.69, 9.17) is 0 Å². The van der Waals surface area contributed by atoms with E-state index in [-0.39, 0.29) is 11.8 Å². The molecular weight excluding hydrogens is 266 g/mol. The third kappa shape index (κ3) is 4.08. The smallest absolute Gasteiger partial charge is 0.246 e. The molecule has 2 rings (SSSR count). The minimum atomic E-state index is -0.606. The first-order chi connectivity index (χ1) is 10.1. The molecule has 112 valence electrons. The first-order valence-corrected chi connectivity index (χ1v) is 7.19. The Balaban J connectivity index is 1.98. The molecule has 0 saturated carbocycles. The number of benzene rings is 1. The van der Waals surface area contributed by atoms with Gasteiger partial charge in [-0.1, -0.05) is 12.6 Å². The third-order valence-corrected chi connectivity index (χ3v) is 3.52. The average molecular weight is 287 g/mol. The van der Waals surface area contributed by atoms with Gasteiger partial charge in [0.2, 0.25) is 11.8 Å². The quantitative estimate of drug-likeness (QED) is 0.813. The monoisotopic (exact) mass is 287 g/mol. The van der Waals surface area contributed by atoms with Crippen molar-refractivity contribution in [1.29, 1.82) is 0 Å². The zero-order chi connectivity index (χ0) is 15.2. The van der Waals surface area contributed by atoms with Crippen LogP contribution in [0.25, 0.3) is 0 Å². The second-order valence-electron chi connectivity index (χ2n) is 5.17. The van der Waals surface area contributed by atoms with Crippen molar-refractivity contribution in [3.8, 4) is 0 Å². The highest BCUT2D eigenvalue weighted by molar-refractivity contribution is 5.98. The number of hydrogen-bond acceptors (Lipinski definition) is 3. The largest absolute Gasteiger partial charge is 0.371 e. The van der Waals surface area contributed by atoms with Crippen molar-refractivity contribution >= 4 is 23.2 Å². The van der Waals surface area contributed by atoms with Gasteiger partial charge in [-0.15, -0.1) is 0 Å². The van der Waals surface area contributed by atoms with E-state index in [1.807, 2.05) is 24.3 Å². The van der Waals surface area contributed by atoms with Crippen LogP contribution >= 0.6 is 0 Å². The molecular formula is C16H21N3O2. The van der Waals surface area contributed by atoms with Crippen LogP contribution in [-0.2, 0) is 9.59 Å². The molecule has 1 heterocycles. The summed E-state index contributed by atoms with van der Waals surface area (Å²) in [7, 11) is 0. The fraction of sp³-hybridized carbons (Fsp3) is 0.375. The van der Waals surface area contributed by atoms with E-state index < -0.39 is 6.04 Å². The Labute approximate surface area is 125 Å². The number of carbonyl (C=O) groups is 2. The lowest BCUT2D eigenvalue weighted by Gasteiger charge is -2.19. The van der Waals surface area contributed by atoms with Crippen molar-refractivity contribution in [2.45, 2.75) is 25.8 Å². The molecule has 2 N–H and O–H groups in total. The molecule has 0 bridgehead atoms. The van der Waals surface area contributed by atoms with Gasteiger partial charge in [-0.3, -0.25) is 9.59 Å². The Morgan fingerprint density at radius 1 is 1.33 bits per heavy atom. The van der Waals surface area contributed by atoms with Crippen molar-refractivity contribution in [3.05, 3.63) is 36.9 Å². The first kappa shape index (κ1) is 15.1. The second kappa shape index (κ2) is 6.92. The lowest BCUT2D eigenvalue weighted by molar-refractivity contribution is -0.123. The highest BCUT2D eigenvalue weighted by atomic mass is 16.2. The van der Waals surface area contributed by atoms with Gasteiger partial charge in [0.1, 0.15) is 6.04 Å². The summed E-state index contributed by atoms with van der Waals surface area (Å²) in [6.45, 7) is 7.12. The van der Waals surface area contributed by atoms with Crippen LogP contribution in [0.15, 0.2) is 36.9 Å². The van der Waals surface area contributed by atoms with Gasteiger partial charge in [-0.2, -0.15) is 0 Å². The Hall–Kier alpha value is -2.30. The summed E-state index contributed by atoms with van der Waals surface area (Å²) < 4.78 is 0. The van der Waals surface area contributed by atoms with E-state index in [0.717, 1.165) is 30.5 Å². The summed E-state index contributed by atoms with van der Waals surface area (Å²) in [5.41, 5.74) is 1.86. The molecule has 2 amide bonds. The molecule has 0 aliphatic carbocycles. The van der Waals surface area contributed by atoms with E-state index in [0.29, 0.717) is 0 Å². The molecule has 1 fully saturated rings.